The number of anilines is 1. The van der Waals surface area contributed by atoms with Gasteiger partial charge in [0.1, 0.15) is 18.6 Å². The highest BCUT2D eigenvalue weighted by Gasteiger charge is 2.16. The number of rotatable bonds is 7. The van der Waals surface area contributed by atoms with Gasteiger partial charge in [-0.15, -0.1) is 10.2 Å². The number of fused-ring (bicyclic) bond motifs is 1. The zero-order chi connectivity index (χ0) is 28.3. The normalized spacial score (nSPS) is 11.0. The molecule has 0 bridgehead atoms. The molecule has 0 spiro atoms. The van der Waals surface area contributed by atoms with Crippen LogP contribution in [0.5, 0.6) is 5.75 Å². The summed E-state index contributed by atoms with van der Waals surface area (Å²) in [5.41, 5.74) is 6.49. The summed E-state index contributed by atoms with van der Waals surface area (Å²) < 4.78 is 28.2. The molecule has 3 aromatic heterocycles. The van der Waals surface area contributed by atoms with Gasteiger partial charge >= 0.3 is 6.09 Å². The number of nitrogens with zero attached hydrogens (tertiary/aromatic N) is 5. The Hall–Kier alpha value is -5.51. The number of aromatic nitrogens is 5. The molecule has 0 aliphatic carbocycles. The van der Waals surface area contributed by atoms with E-state index in [0.717, 1.165) is 33.6 Å². The van der Waals surface area contributed by atoms with Crippen molar-refractivity contribution in [2.45, 2.75) is 13.5 Å². The van der Waals surface area contributed by atoms with E-state index < -0.39 is 11.9 Å². The van der Waals surface area contributed by atoms with Gasteiger partial charge in [0, 0.05) is 29.1 Å². The van der Waals surface area contributed by atoms with Crippen molar-refractivity contribution in [1.82, 2.24) is 24.1 Å². The summed E-state index contributed by atoms with van der Waals surface area (Å²) in [6.45, 7) is 2.17. The molecule has 0 aliphatic heterocycles. The summed E-state index contributed by atoms with van der Waals surface area (Å²) in [5, 5.41) is 11.2. The van der Waals surface area contributed by atoms with Gasteiger partial charge in [0.25, 0.3) is 0 Å². The van der Waals surface area contributed by atoms with Gasteiger partial charge in [-0.2, -0.15) is 0 Å². The van der Waals surface area contributed by atoms with Crippen LogP contribution in [0, 0.1) is 12.7 Å². The predicted octanol–water partition coefficient (Wildman–Crippen LogP) is 6.45. The number of pyridine rings is 1. The third kappa shape index (κ3) is 5.22. The maximum Gasteiger partial charge on any atom is 0.411 e. The van der Waals surface area contributed by atoms with Crippen LogP contribution in [-0.4, -0.2) is 37.4 Å². The summed E-state index contributed by atoms with van der Waals surface area (Å²) in [7, 11) is 1.42. The van der Waals surface area contributed by atoms with Crippen LogP contribution in [-0.2, 0) is 11.3 Å². The third-order valence-corrected chi connectivity index (χ3v) is 6.65. The maximum absolute atomic E-state index is 14.0. The molecule has 0 saturated heterocycles. The quantitative estimate of drug-likeness (QED) is 0.246. The number of hydrogen-bond donors (Lipinski definition) is 1. The molecule has 1 amide bonds. The van der Waals surface area contributed by atoms with Crippen LogP contribution in [0.25, 0.3) is 34.0 Å². The summed E-state index contributed by atoms with van der Waals surface area (Å²) >= 11 is 0. The lowest BCUT2D eigenvalue weighted by Crippen LogP contribution is -2.13. The Morgan fingerprint density at radius 1 is 1.00 bits per heavy atom. The lowest BCUT2D eigenvalue weighted by Gasteiger charge is -2.11. The maximum atomic E-state index is 14.0. The van der Waals surface area contributed by atoms with Crippen LogP contribution in [0.3, 0.4) is 0 Å². The largest absolute Gasteiger partial charge is 0.494 e. The van der Waals surface area contributed by atoms with Crippen molar-refractivity contribution < 1.29 is 18.7 Å². The lowest BCUT2D eigenvalue weighted by molar-refractivity contribution is 0.155. The number of benzene rings is 3. The van der Waals surface area contributed by atoms with Gasteiger partial charge in [0.2, 0.25) is 0 Å². The monoisotopic (exact) mass is 548 g/mol. The van der Waals surface area contributed by atoms with Crippen LogP contribution in [0.2, 0.25) is 0 Å². The van der Waals surface area contributed by atoms with Crippen molar-refractivity contribution in [2.75, 3.05) is 12.4 Å². The van der Waals surface area contributed by atoms with E-state index in [1.807, 2.05) is 78.2 Å². The number of hydrogen-bond acceptors (Lipinski definition) is 6. The number of nitrogens with one attached hydrogen (secondary N) is 1. The Morgan fingerprint density at radius 2 is 1.80 bits per heavy atom. The fraction of sp³-hybridized carbons (Fsp3) is 0.0968. The standard InChI is InChI=1S/C31H25FN6O3/c1-20-14-23(30-36-34-19-38(30)25-12-13-26(32)28(15-25)40-2)17-37-27(16-33-29(20)37)22-8-10-24(11-9-22)35-31(39)41-18-21-6-4-3-5-7-21/h3-17,19H,18H2,1-2H3,(H,35,39). The number of amides is 1. The summed E-state index contributed by atoms with van der Waals surface area (Å²) in [4.78, 5) is 16.9. The van der Waals surface area contributed by atoms with E-state index in [4.69, 9.17) is 9.47 Å². The molecule has 41 heavy (non-hydrogen) atoms. The van der Waals surface area contributed by atoms with Gasteiger partial charge in [0.05, 0.1) is 24.7 Å². The first-order valence-electron chi connectivity index (χ1n) is 12.8. The molecule has 204 valence electrons. The van der Waals surface area contributed by atoms with E-state index in [-0.39, 0.29) is 12.4 Å². The van der Waals surface area contributed by atoms with Crippen molar-refractivity contribution in [3.63, 3.8) is 0 Å². The fourth-order valence-electron chi connectivity index (χ4n) is 4.61. The number of carbonyl (C=O) groups is 1. The topological polar surface area (TPSA) is 95.6 Å². The van der Waals surface area contributed by atoms with Crippen LogP contribution in [0.4, 0.5) is 14.9 Å². The number of aryl methyl sites for hydroxylation is 1. The fourth-order valence-corrected chi connectivity index (χ4v) is 4.61. The molecule has 3 heterocycles. The molecule has 10 heteroatoms. The Morgan fingerprint density at radius 3 is 2.59 bits per heavy atom. The van der Waals surface area contributed by atoms with Crippen LogP contribution < -0.4 is 10.1 Å². The molecule has 3 aromatic carbocycles. The minimum Gasteiger partial charge on any atom is -0.494 e. The van der Waals surface area contributed by atoms with Crippen LogP contribution in [0.15, 0.2) is 97.6 Å². The second-order valence-electron chi connectivity index (χ2n) is 9.36. The van der Waals surface area contributed by atoms with Gasteiger partial charge < -0.3 is 9.47 Å². The minimum absolute atomic E-state index is 0.132. The molecule has 9 nitrogen and oxygen atoms in total. The Bertz CT molecular complexity index is 1850. The van der Waals surface area contributed by atoms with E-state index in [0.29, 0.717) is 17.2 Å². The number of carbonyl (C=O) groups excluding carboxylic acids is 1. The second kappa shape index (κ2) is 10.9. The zero-order valence-electron chi connectivity index (χ0n) is 22.3. The molecule has 0 radical (unpaired) electrons. The summed E-state index contributed by atoms with van der Waals surface area (Å²) in [5.74, 6) is 0.265. The first-order chi connectivity index (χ1) is 20.0. The number of ether oxygens (including phenoxy) is 2. The molecule has 1 N–H and O–H groups in total. The highest BCUT2D eigenvalue weighted by molar-refractivity contribution is 5.85. The Balaban J connectivity index is 1.26. The summed E-state index contributed by atoms with van der Waals surface area (Å²) in [6.07, 6.45) is 4.80. The zero-order valence-corrected chi connectivity index (χ0v) is 22.3. The average Bonchev–Trinajstić information content (AvgIpc) is 3.66. The average molecular weight is 549 g/mol. The highest BCUT2D eigenvalue weighted by Crippen LogP contribution is 2.29. The van der Waals surface area contributed by atoms with E-state index in [9.17, 15) is 9.18 Å². The Kier molecular flexibility index (Phi) is 6.87. The van der Waals surface area contributed by atoms with E-state index in [1.54, 1.807) is 29.2 Å². The number of methoxy groups -OCH3 is 1. The van der Waals surface area contributed by atoms with E-state index >= 15 is 0 Å². The summed E-state index contributed by atoms with van der Waals surface area (Å²) in [6, 6.07) is 23.5. The van der Waals surface area contributed by atoms with Gasteiger partial charge in [-0.1, -0.05) is 42.5 Å². The van der Waals surface area contributed by atoms with Crippen molar-refractivity contribution in [2.24, 2.45) is 0 Å². The SMILES string of the molecule is COc1cc(-n2cnnc2-c2cc(C)c3ncc(-c4ccc(NC(=O)OCc5ccccc5)cc4)n3c2)ccc1F. The lowest BCUT2D eigenvalue weighted by atomic mass is 10.1. The number of halogens is 1. The molecular weight excluding hydrogens is 523 g/mol. The van der Waals surface area contributed by atoms with Crippen molar-refractivity contribution in [3.8, 4) is 34.1 Å². The van der Waals surface area contributed by atoms with Gasteiger partial charge in [0.15, 0.2) is 17.4 Å². The van der Waals surface area contributed by atoms with Gasteiger partial charge in [-0.3, -0.25) is 14.3 Å². The van der Waals surface area contributed by atoms with E-state index in [2.05, 4.69) is 20.5 Å². The van der Waals surface area contributed by atoms with Gasteiger partial charge in [-0.05, 0) is 48.4 Å². The number of imidazole rings is 1. The van der Waals surface area contributed by atoms with Crippen molar-refractivity contribution in [3.05, 3.63) is 115 Å². The molecule has 6 aromatic rings. The predicted molar refractivity (Wildman–Crippen MR) is 152 cm³/mol. The molecule has 0 saturated carbocycles. The molecule has 0 atom stereocenters. The molecule has 6 rings (SSSR count). The molecular formula is C31H25FN6O3. The van der Waals surface area contributed by atoms with Gasteiger partial charge in [-0.25, -0.2) is 14.2 Å². The third-order valence-electron chi connectivity index (χ3n) is 6.65. The smallest absolute Gasteiger partial charge is 0.411 e. The second-order valence-corrected chi connectivity index (χ2v) is 9.36. The minimum atomic E-state index is -0.528. The van der Waals surface area contributed by atoms with E-state index in [1.165, 1.54) is 13.2 Å². The molecule has 0 aliphatic rings. The molecule has 0 fully saturated rings. The first-order valence-corrected chi connectivity index (χ1v) is 12.8. The van der Waals surface area contributed by atoms with Crippen molar-refractivity contribution >= 4 is 17.4 Å². The van der Waals surface area contributed by atoms with Crippen LogP contribution in [0.1, 0.15) is 11.1 Å². The molecule has 0 unspecified atom stereocenters. The highest BCUT2D eigenvalue weighted by atomic mass is 19.1. The first kappa shape index (κ1) is 25.8. The van der Waals surface area contributed by atoms with Crippen molar-refractivity contribution in [1.29, 1.82) is 0 Å². The Labute approximate surface area is 234 Å². The van der Waals surface area contributed by atoms with Crippen LogP contribution >= 0.6 is 0 Å².